The molecule has 56 valence electrons. The van der Waals surface area contributed by atoms with Crippen LogP contribution in [-0.2, 0) is 0 Å². The average Bonchev–Trinajstić information content (AvgIpc) is 1.64. The molecule has 0 N–H and O–H groups in total. The summed E-state index contributed by atoms with van der Waals surface area (Å²) in [6.07, 6.45) is 0.948. The Labute approximate surface area is 71.8 Å². The zero-order valence-corrected chi connectivity index (χ0v) is 10.2. The Bertz CT molecular complexity index is 94.9. The number of halogens is 3. The van der Waals surface area contributed by atoms with Crippen molar-refractivity contribution in [3.05, 3.63) is 0 Å². The van der Waals surface area contributed by atoms with E-state index in [9.17, 15) is 0 Å². The standard InChI is InChI=1S/C5H11Cl3Ge/c1-4-5(2,3)9(6,7)8/h4H2,1-3H3. The molecule has 0 atom stereocenters. The van der Waals surface area contributed by atoms with Crippen molar-refractivity contribution >= 4 is 40.5 Å². The van der Waals surface area contributed by atoms with Crippen molar-refractivity contribution in [1.82, 2.24) is 0 Å². The van der Waals surface area contributed by atoms with Crippen LogP contribution in [-0.4, -0.2) is 10.5 Å². The second-order valence-corrected chi connectivity index (χ2v) is 19.5. The topological polar surface area (TPSA) is 0 Å². The molecular weight excluding hydrogens is 239 g/mol. The van der Waals surface area contributed by atoms with Crippen LogP contribution in [0.5, 0.6) is 0 Å². The molecule has 4 heteroatoms. The van der Waals surface area contributed by atoms with Crippen molar-refractivity contribution in [3.63, 3.8) is 0 Å². The third-order valence-electron chi connectivity index (χ3n) is 1.65. The van der Waals surface area contributed by atoms with Crippen molar-refractivity contribution < 1.29 is 0 Å². The van der Waals surface area contributed by atoms with Gasteiger partial charge >= 0.3 is 71.9 Å². The zero-order valence-electron chi connectivity index (χ0n) is 5.84. The summed E-state index contributed by atoms with van der Waals surface area (Å²) in [6.45, 7) is 6.08. The van der Waals surface area contributed by atoms with Crippen molar-refractivity contribution in [1.29, 1.82) is 0 Å². The molecule has 0 aliphatic carbocycles. The summed E-state index contributed by atoms with van der Waals surface area (Å²) in [4.78, 5) is 0. The molecule has 0 aliphatic heterocycles. The molecule has 0 fully saturated rings. The quantitative estimate of drug-likeness (QED) is 0.653. The maximum atomic E-state index is 5.84. The fourth-order valence-corrected chi connectivity index (χ4v) is 3.12. The Morgan fingerprint density at radius 2 is 1.56 bits per heavy atom. The third kappa shape index (κ3) is 2.88. The molecule has 0 aromatic carbocycles. The van der Waals surface area contributed by atoms with Gasteiger partial charge in [-0.1, -0.05) is 0 Å². The summed E-state index contributed by atoms with van der Waals surface area (Å²) in [5, 5.41) is 0. The van der Waals surface area contributed by atoms with E-state index in [1.807, 2.05) is 20.8 Å². The van der Waals surface area contributed by atoms with Crippen LogP contribution in [0.25, 0.3) is 0 Å². The average molecular weight is 250 g/mol. The first-order valence-electron chi connectivity index (χ1n) is 2.88. The minimum atomic E-state index is -2.93. The first kappa shape index (κ1) is 10.4. The molecule has 0 saturated carbocycles. The second-order valence-electron chi connectivity index (χ2n) is 2.74. The third-order valence-corrected chi connectivity index (χ3v) is 13.6. The number of hydrogen-bond donors (Lipinski definition) is 0. The summed E-state index contributed by atoms with van der Waals surface area (Å²) < 4.78 is -0.0370. The van der Waals surface area contributed by atoms with E-state index in [4.69, 9.17) is 30.0 Å². The molecule has 0 aliphatic rings. The molecule has 0 nitrogen and oxygen atoms in total. The van der Waals surface area contributed by atoms with Gasteiger partial charge in [0.2, 0.25) is 0 Å². The van der Waals surface area contributed by atoms with Gasteiger partial charge in [0.1, 0.15) is 0 Å². The van der Waals surface area contributed by atoms with E-state index in [1.165, 1.54) is 0 Å². The molecule has 0 aromatic rings. The van der Waals surface area contributed by atoms with Gasteiger partial charge in [0, 0.05) is 0 Å². The first-order valence-corrected chi connectivity index (χ1v) is 12.2. The van der Waals surface area contributed by atoms with E-state index in [0.717, 1.165) is 6.42 Å². The molecule has 0 unspecified atom stereocenters. The molecule has 0 saturated heterocycles. The van der Waals surface area contributed by atoms with Crippen LogP contribution in [0.2, 0.25) is 4.25 Å². The van der Waals surface area contributed by atoms with E-state index in [2.05, 4.69) is 0 Å². The monoisotopic (exact) mass is 250 g/mol. The van der Waals surface area contributed by atoms with E-state index in [-0.39, 0.29) is 4.25 Å². The molecule has 0 radical (unpaired) electrons. The number of hydrogen-bond acceptors (Lipinski definition) is 0. The van der Waals surface area contributed by atoms with Crippen LogP contribution in [0.3, 0.4) is 0 Å². The van der Waals surface area contributed by atoms with E-state index < -0.39 is 10.5 Å². The van der Waals surface area contributed by atoms with Gasteiger partial charge < -0.3 is 0 Å². The molecule has 0 heterocycles. The summed E-state index contributed by atoms with van der Waals surface area (Å²) >= 11 is 0. The Kier molecular flexibility index (Phi) is 3.71. The molecular formula is C5H11Cl3Ge. The van der Waals surface area contributed by atoms with Gasteiger partial charge in [-0.25, -0.2) is 0 Å². The Morgan fingerprint density at radius 1 is 1.22 bits per heavy atom. The Morgan fingerprint density at radius 3 is 1.56 bits per heavy atom. The van der Waals surface area contributed by atoms with Gasteiger partial charge in [0.25, 0.3) is 0 Å². The predicted octanol–water partition coefficient (Wildman–Crippen LogP) is 3.83. The maximum absolute atomic E-state index is 5.84. The van der Waals surface area contributed by atoms with Crippen LogP contribution in [0.4, 0.5) is 0 Å². The van der Waals surface area contributed by atoms with Gasteiger partial charge in [0.15, 0.2) is 0 Å². The van der Waals surface area contributed by atoms with Gasteiger partial charge in [-0.3, -0.25) is 0 Å². The normalized spacial score (nSPS) is 14.0. The van der Waals surface area contributed by atoms with Gasteiger partial charge in [-0.15, -0.1) is 0 Å². The van der Waals surface area contributed by atoms with Crippen LogP contribution < -0.4 is 0 Å². The van der Waals surface area contributed by atoms with Crippen LogP contribution in [0.1, 0.15) is 27.2 Å². The molecule has 0 amide bonds. The molecule has 0 bridgehead atoms. The summed E-state index contributed by atoms with van der Waals surface area (Å²) in [7, 11) is 14.6. The fraction of sp³-hybridized carbons (Fsp3) is 1.00. The minimum absolute atomic E-state index is 0.0370. The zero-order chi connectivity index (χ0) is 7.71. The van der Waals surface area contributed by atoms with E-state index >= 15 is 0 Å². The summed E-state index contributed by atoms with van der Waals surface area (Å²) in [5.74, 6) is 0. The van der Waals surface area contributed by atoms with Crippen molar-refractivity contribution in [2.24, 2.45) is 0 Å². The molecule has 0 rings (SSSR count). The van der Waals surface area contributed by atoms with E-state index in [0.29, 0.717) is 0 Å². The van der Waals surface area contributed by atoms with Crippen LogP contribution >= 0.6 is 30.0 Å². The van der Waals surface area contributed by atoms with Gasteiger partial charge in [0.05, 0.1) is 0 Å². The second kappa shape index (κ2) is 3.21. The summed E-state index contributed by atoms with van der Waals surface area (Å²) in [5.41, 5.74) is 0. The first-order chi connectivity index (χ1) is 3.81. The van der Waals surface area contributed by atoms with Crippen LogP contribution in [0, 0.1) is 0 Å². The molecule has 0 aromatic heterocycles. The Hall–Kier alpha value is 1.41. The molecule has 9 heavy (non-hydrogen) atoms. The SMILES string of the molecule is CC[C](C)(C)[Ge]([Cl])([Cl])[Cl]. The van der Waals surface area contributed by atoms with Gasteiger partial charge in [-0.05, 0) is 0 Å². The van der Waals surface area contributed by atoms with Crippen LogP contribution in [0.15, 0.2) is 0 Å². The van der Waals surface area contributed by atoms with Crippen molar-refractivity contribution in [2.75, 3.05) is 0 Å². The summed E-state index contributed by atoms with van der Waals surface area (Å²) in [6, 6.07) is 0. The van der Waals surface area contributed by atoms with E-state index in [1.54, 1.807) is 0 Å². The molecule has 0 spiro atoms. The Balaban J connectivity index is 4.14. The number of rotatable bonds is 2. The van der Waals surface area contributed by atoms with Crippen molar-refractivity contribution in [2.45, 2.75) is 31.4 Å². The fourth-order valence-electron chi connectivity index (χ4n) is 0.200. The van der Waals surface area contributed by atoms with Gasteiger partial charge in [-0.2, -0.15) is 0 Å². The van der Waals surface area contributed by atoms with Crippen molar-refractivity contribution in [3.8, 4) is 0 Å². The predicted molar refractivity (Wildman–Crippen MR) is 47.6 cm³/mol.